The minimum absolute atomic E-state index is 0.0445. The number of hydrogen-bond donors (Lipinski definition) is 2. The standard InChI is InChI=1S/C43H76NO8P/c1-3-5-7-9-11-13-15-17-19-20-22-23-25-27-29-31-33-35-42(45)49-39-41(40-51-53(47,48)50-38-37-44)52-43(46)36-34-32-30-28-26-24-21-18-16-14-12-10-8-6-4-2/h5,7,11,13,17,19,22-23,27,29,41H,3-4,6,8-10,12,14-16,18,20-21,24-26,28,30-40,44H2,1-2H3,(H,47,48). The van der Waals surface area contributed by atoms with Gasteiger partial charge in [-0.15, -0.1) is 0 Å². The van der Waals surface area contributed by atoms with Crippen molar-refractivity contribution in [3.8, 4) is 0 Å². The normalized spacial score (nSPS) is 14.0. The van der Waals surface area contributed by atoms with Crippen LogP contribution in [0.2, 0.25) is 0 Å². The Labute approximate surface area is 323 Å². The van der Waals surface area contributed by atoms with Crippen molar-refractivity contribution in [1.82, 2.24) is 0 Å². The highest BCUT2D eigenvalue weighted by Crippen LogP contribution is 2.43. The van der Waals surface area contributed by atoms with Crippen LogP contribution < -0.4 is 5.73 Å². The number of phosphoric acid groups is 1. The summed E-state index contributed by atoms with van der Waals surface area (Å²) in [6, 6.07) is 0. The van der Waals surface area contributed by atoms with Gasteiger partial charge in [0, 0.05) is 19.4 Å². The predicted molar refractivity (Wildman–Crippen MR) is 219 cm³/mol. The van der Waals surface area contributed by atoms with Gasteiger partial charge in [-0.1, -0.05) is 164 Å². The molecule has 0 radical (unpaired) electrons. The molecule has 0 amide bonds. The zero-order chi connectivity index (χ0) is 38.9. The van der Waals surface area contributed by atoms with Gasteiger partial charge in [-0.05, 0) is 51.4 Å². The largest absolute Gasteiger partial charge is 0.472 e. The van der Waals surface area contributed by atoms with E-state index in [0.29, 0.717) is 12.8 Å². The van der Waals surface area contributed by atoms with E-state index in [1.165, 1.54) is 70.6 Å². The second-order valence-electron chi connectivity index (χ2n) is 13.5. The quantitative estimate of drug-likeness (QED) is 0.0272. The van der Waals surface area contributed by atoms with E-state index < -0.39 is 32.5 Å². The highest BCUT2D eigenvalue weighted by molar-refractivity contribution is 7.47. The Morgan fingerprint density at radius 3 is 1.53 bits per heavy atom. The number of unbranched alkanes of at least 4 members (excludes halogenated alkanes) is 15. The third-order valence-electron chi connectivity index (χ3n) is 8.42. The first-order valence-electron chi connectivity index (χ1n) is 20.8. The van der Waals surface area contributed by atoms with Gasteiger partial charge >= 0.3 is 19.8 Å². The van der Waals surface area contributed by atoms with Crippen LogP contribution in [0.1, 0.15) is 168 Å². The lowest BCUT2D eigenvalue weighted by Crippen LogP contribution is -2.29. The van der Waals surface area contributed by atoms with Gasteiger partial charge in [0.15, 0.2) is 6.10 Å². The summed E-state index contributed by atoms with van der Waals surface area (Å²) in [7, 11) is -4.39. The second kappa shape index (κ2) is 39.4. The zero-order valence-electron chi connectivity index (χ0n) is 33.5. The molecule has 53 heavy (non-hydrogen) atoms. The highest BCUT2D eigenvalue weighted by atomic mass is 31.2. The smallest absolute Gasteiger partial charge is 0.462 e. The van der Waals surface area contributed by atoms with Crippen LogP contribution >= 0.6 is 7.82 Å². The van der Waals surface area contributed by atoms with Crippen molar-refractivity contribution in [3.63, 3.8) is 0 Å². The fourth-order valence-corrected chi connectivity index (χ4v) is 6.14. The van der Waals surface area contributed by atoms with E-state index >= 15 is 0 Å². The van der Waals surface area contributed by atoms with Crippen LogP contribution in [0.5, 0.6) is 0 Å². The molecule has 0 saturated carbocycles. The first-order valence-corrected chi connectivity index (χ1v) is 22.3. The van der Waals surface area contributed by atoms with Gasteiger partial charge in [0.05, 0.1) is 13.2 Å². The Hall–Kier alpha value is -2.29. The van der Waals surface area contributed by atoms with Gasteiger partial charge in [-0.3, -0.25) is 18.6 Å². The topological polar surface area (TPSA) is 134 Å². The first-order chi connectivity index (χ1) is 25.8. The van der Waals surface area contributed by atoms with Crippen molar-refractivity contribution in [3.05, 3.63) is 60.8 Å². The monoisotopic (exact) mass is 766 g/mol. The number of ether oxygens (including phenoxy) is 2. The molecule has 0 fully saturated rings. The van der Waals surface area contributed by atoms with Crippen LogP contribution in [-0.2, 0) is 32.7 Å². The molecule has 0 spiro atoms. The van der Waals surface area contributed by atoms with Crippen LogP contribution in [0.15, 0.2) is 60.8 Å². The molecule has 2 unspecified atom stereocenters. The number of esters is 2. The summed E-state index contributed by atoms with van der Waals surface area (Å²) < 4.78 is 32.7. The van der Waals surface area contributed by atoms with Crippen LogP contribution in [-0.4, -0.2) is 49.3 Å². The molecule has 306 valence electrons. The van der Waals surface area contributed by atoms with Gasteiger partial charge in [0.25, 0.3) is 0 Å². The highest BCUT2D eigenvalue weighted by Gasteiger charge is 2.25. The number of carbonyl (C=O) groups is 2. The van der Waals surface area contributed by atoms with E-state index in [2.05, 4.69) is 68.5 Å². The van der Waals surface area contributed by atoms with Crippen molar-refractivity contribution >= 4 is 19.8 Å². The van der Waals surface area contributed by atoms with Gasteiger partial charge in [0.2, 0.25) is 0 Å². The summed E-state index contributed by atoms with van der Waals surface area (Å²) in [5, 5.41) is 0. The average Bonchev–Trinajstić information content (AvgIpc) is 3.14. The Bertz CT molecular complexity index is 1050. The Morgan fingerprint density at radius 2 is 1.04 bits per heavy atom. The minimum atomic E-state index is -4.39. The second-order valence-corrected chi connectivity index (χ2v) is 14.9. The fourth-order valence-electron chi connectivity index (χ4n) is 5.38. The third-order valence-corrected chi connectivity index (χ3v) is 9.40. The SMILES string of the molecule is CCC=CCC=CCC=CCC=CCC=CCCCC(=O)OCC(COP(=O)(O)OCCN)OC(=O)CCCCCCCCCCCCCCCCC. The number of allylic oxidation sites excluding steroid dienone is 10. The molecular weight excluding hydrogens is 689 g/mol. The molecule has 0 rings (SSSR count). The predicted octanol–water partition coefficient (Wildman–Crippen LogP) is 11.7. The maximum absolute atomic E-state index is 12.6. The minimum Gasteiger partial charge on any atom is -0.462 e. The molecule has 10 heteroatoms. The molecule has 0 heterocycles. The Balaban J connectivity index is 4.27. The van der Waals surface area contributed by atoms with Crippen LogP contribution in [0.25, 0.3) is 0 Å². The van der Waals surface area contributed by atoms with Crippen molar-refractivity contribution in [2.75, 3.05) is 26.4 Å². The van der Waals surface area contributed by atoms with E-state index in [9.17, 15) is 19.0 Å². The lowest BCUT2D eigenvalue weighted by molar-refractivity contribution is -0.161. The van der Waals surface area contributed by atoms with Gasteiger partial charge in [-0.2, -0.15) is 0 Å². The Morgan fingerprint density at radius 1 is 0.585 bits per heavy atom. The van der Waals surface area contributed by atoms with Crippen molar-refractivity contribution in [2.45, 2.75) is 174 Å². The molecular formula is C43H76NO8P. The summed E-state index contributed by atoms with van der Waals surface area (Å²) in [5.74, 6) is -0.897. The van der Waals surface area contributed by atoms with Crippen molar-refractivity contribution < 1.29 is 37.6 Å². The fraction of sp³-hybridized carbons (Fsp3) is 0.721. The van der Waals surface area contributed by atoms with Crippen molar-refractivity contribution in [2.24, 2.45) is 5.73 Å². The molecule has 0 aromatic rings. The number of hydrogen-bond acceptors (Lipinski definition) is 8. The van der Waals surface area contributed by atoms with E-state index in [0.717, 1.165) is 57.8 Å². The third kappa shape index (κ3) is 39.2. The first kappa shape index (κ1) is 50.7. The zero-order valence-corrected chi connectivity index (χ0v) is 34.4. The van der Waals surface area contributed by atoms with Gasteiger partial charge in [-0.25, -0.2) is 4.57 Å². The molecule has 0 saturated heterocycles. The van der Waals surface area contributed by atoms with Crippen LogP contribution in [0.3, 0.4) is 0 Å². The average molecular weight is 766 g/mol. The van der Waals surface area contributed by atoms with E-state index in [4.69, 9.17) is 24.3 Å². The lowest BCUT2D eigenvalue weighted by Gasteiger charge is -2.19. The maximum atomic E-state index is 12.6. The number of carbonyl (C=O) groups excluding carboxylic acids is 2. The molecule has 3 N–H and O–H groups in total. The van der Waals surface area contributed by atoms with Crippen molar-refractivity contribution in [1.29, 1.82) is 0 Å². The van der Waals surface area contributed by atoms with E-state index in [1.54, 1.807) is 0 Å². The molecule has 0 aliphatic carbocycles. The molecule has 2 atom stereocenters. The lowest BCUT2D eigenvalue weighted by atomic mass is 10.0. The summed E-state index contributed by atoms with van der Waals surface area (Å²) in [6.45, 7) is 3.55. The number of rotatable bonds is 38. The van der Waals surface area contributed by atoms with Gasteiger partial charge in [0.1, 0.15) is 6.61 Å². The van der Waals surface area contributed by atoms with Crippen LogP contribution in [0, 0.1) is 0 Å². The summed E-state index contributed by atoms with van der Waals surface area (Å²) in [6.07, 6.45) is 45.4. The molecule has 0 aliphatic heterocycles. The van der Waals surface area contributed by atoms with Gasteiger partial charge < -0.3 is 20.1 Å². The maximum Gasteiger partial charge on any atom is 0.472 e. The van der Waals surface area contributed by atoms with E-state index in [-0.39, 0.29) is 32.6 Å². The summed E-state index contributed by atoms with van der Waals surface area (Å²) >= 11 is 0. The molecule has 0 aromatic heterocycles. The molecule has 0 bridgehead atoms. The molecule has 0 aliphatic rings. The molecule has 0 aromatic carbocycles. The number of nitrogens with two attached hydrogens (primary N) is 1. The summed E-state index contributed by atoms with van der Waals surface area (Å²) in [5.41, 5.74) is 5.34. The van der Waals surface area contributed by atoms with Crippen LogP contribution in [0.4, 0.5) is 0 Å². The van der Waals surface area contributed by atoms with E-state index in [1.807, 2.05) is 6.08 Å². The Kier molecular flexibility index (Phi) is 37.7. The number of phosphoric ester groups is 1. The summed E-state index contributed by atoms with van der Waals surface area (Å²) in [4.78, 5) is 34.8. The molecule has 9 nitrogen and oxygen atoms in total.